The molecular weight excluding hydrogens is 356 g/mol. The molecule has 1 aliphatic carbocycles. The highest BCUT2D eigenvalue weighted by atomic mass is 16.5. The van der Waals surface area contributed by atoms with Crippen LogP contribution in [0.3, 0.4) is 0 Å². The van der Waals surface area contributed by atoms with Gasteiger partial charge in [0.1, 0.15) is 5.60 Å². The lowest BCUT2D eigenvalue weighted by Gasteiger charge is -2.25. The minimum atomic E-state index is -0.980. The summed E-state index contributed by atoms with van der Waals surface area (Å²) in [5.41, 5.74) is 0.964. The van der Waals surface area contributed by atoms with E-state index in [0.29, 0.717) is 44.2 Å². The van der Waals surface area contributed by atoms with Crippen LogP contribution in [-0.2, 0) is 12.0 Å². The predicted octanol–water partition coefficient (Wildman–Crippen LogP) is 2.88. The zero-order valence-corrected chi connectivity index (χ0v) is 16.4. The summed E-state index contributed by atoms with van der Waals surface area (Å²) >= 11 is 0. The molecule has 2 aromatic rings. The van der Waals surface area contributed by atoms with Gasteiger partial charge in [-0.1, -0.05) is 42.3 Å². The average Bonchev–Trinajstić information content (AvgIpc) is 3.43. The van der Waals surface area contributed by atoms with E-state index in [-0.39, 0.29) is 6.03 Å². The zero-order valence-electron chi connectivity index (χ0n) is 16.4. The first-order valence-corrected chi connectivity index (χ1v) is 10.2. The van der Waals surface area contributed by atoms with Crippen molar-refractivity contribution in [3.8, 4) is 0 Å². The van der Waals surface area contributed by atoms with Crippen molar-refractivity contribution < 1.29 is 14.4 Å². The van der Waals surface area contributed by atoms with Gasteiger partial charge in [-0.3, -0.25) is 0 Å². The molecule has 1 saturated carbocycles. The molecule has 2 aliphatic rings. The third kappa shape index (κ3) is 3.90. The van der Waals surface area contributed by atoms with Crippen molar-refractivity contribution in [1.82, 2.24) is 20.4 Å². The van der Waals surface area contributed by atoms with Crippen molar-refractivity contribution in [1.29, 1.82) is 0 Å². The molecule has 150 valence electrons. The summed E-state index contributed by atoms with van der Waals surface area (Å²) in [7, 11) is 0. The Labute approximate surface area is 165 Å². The summed E-state index contributed by atoms with van der Waals surface area (Å²) in [6, 6.07) is 7.64. The number of carbonyl (C=O) groups is 1. The van der Waals surface area contributed by atoms with Crippen molar-refractivity contribution in [3.05, 3.63) is 47.1 Å². The van der Waals surface area contributed by atoms with Gasteiger partial charge in [0.2, 0.25) is 5.89 Å². The lowest BCUT2D eigenvalue weighted by Crippen LogP contribution is -2.41. The first-order chi connectivity index (χ1) is 13.5. The summed E-state index contributed by atoms with van der Waals surface area (Å²) in [4.78, 5) is 18.6. The maximum Gasteiger partial charge on any atom is 0.317 e. The Hall–Kier alpha value is -2.41. The molecule has 7 heteroatoms. The summed E-state index contributed by atoms with van der Waals surface area (Å²) in [5, 5.41) is 18.0. The number of rotatable bonds is 5. The summed E-state index contributed by atoms with van der Waals surface area (Å²) in [6.07, 6.45) is 5.78. The van der Waals surface area contributed by atoms with E-state index < -0.39 is 5.60 Å². The zero-order chi connectivity index (χ0) is 19.6. The van der Waals surface area contributed by atoms with Gasteiger partial charge in [0.25, 0.3) is 0 Å². The molecule has 1 aromatic carbocycles. The smallest absolute Gasteiger partial charge is 0.317 e. The van der Waals surface area contributed by atoms with Crippen LogP contribution in [-0.4, -0.2) is 45.8 Å². The molecule has 1 aliphatic heterocycles. The number of aryl methyl sites for hydroxylation is 1. The highest BCUT2D eigenvalue weighted by molar-refractivity contribution is 5.74. The standard InChI is InChI=1S/C21H28N4O3/c1-15-6-2-5-9-17(15)21(27)11-13-25(14-21)20(26)22-12-10-18-23-19(28-24-18)16-7-3-4-8-16/h2,5-6,9,16,27H,3-4,7-8,10-14H2,1H3,(H,22,26)/t21-/m1/s1. The number of nitrogens with zero attached hydrogens (tertiary/aromatic N) is 3. The van der Waals surface area contributed by atoms with E-state index in [4.69, 9.17) is 4.52 Å². The molecule has 1 atom stereocenters. The van der Waals surface area contributed by atoms with Crippen LogP contribution in [0.2, 0.25) is 0 Å². The van der Waals surface area contributed by atoms with Crippen LogP contribution >= 0.6 is 0 Å². The number of likely N-dealkylation sites (tertiary alicyclic amines) is 1. The second kappa shape index (κ2) is 7.91. The Bertz CT molecular complexity index is 831. The molecular formula is C21H28N4O3. The normalized spacial score (nSPS) is 22.7. The molecule has 0 unspecified atom stereocenters. The Balaban J connectivity index is 1.27. The van der Waals surface area contributed by atoms with Crippen LogP contribution in [0.25, 0.3) is 0 Å². The molecule has 0 radical (unpaired) electrons. The van der Waals surface area contributed by atoms with E-state index in [9.17, 15) is 9.90 Å². The number of nitrogens with one attached hydrogen (secondary N) is 1. The maximum absolute atomic E-state index is 12.5. The molecule has 2 heterocycles. The van der Waals surface area contributed by atoms with Gasteiger partial charge in [0.05, 0.1) is 6.54 Å². The van der Waals surface area contributed by atoms with E-state index in [1.807, 2.05) is 31.2 Å². The predicted molar refractivity (Wildman–Crippen MR) is 104 cm³/mol. The van der Waals surface area contributed by atoms with Crippen molar-refractivity contribution >= 4 is 6.03 Å². The van der Waals surface area contributed by atoms with E-state index in [0.717, 1.165) is 29.9 Å². The lowest BCUT2D eigenvalue weighted by atomic mass is 9.89. The molecule has 1 saturated heterocycles. The third-order valence-corrected chi connectivity index (χ3v) is 5.99. The van der Waals surface area contributed by atoms with Crippen molar-refractivity contribution in [3.63, 3.8) is 0 Å². The number of aliphatic hydroxyl groups is 1. The summed E-state index contributed by atoms with van der Waals surface area (Å²) < 4.78 is 5.38. The van der Waals surface area contributed by atoms with Crippen LogP contribution in [0, 0.1) is 6.92 Å². The average molecular weight is 384 g/mol. The van der Waals surface area contributed by atoms with Gasteiger partial charge in [0, 0.05) is 25.4 Å². The highest BCUT2D eigenvalue weighted by Gasteiger charge is 2.40. The van der Waals surface area contributed by atoms with Crippen molar-refractivity contribution in [2.75, 3.05) is 19.6 Å². The molecule has 0 spiro atoms. The quantitative estimate of drug-likeness (QED) is 0.827. The summed E-state index contributed by atoms with van der Waals surface area (Å²) in [5.74, 6) is 1.78. The number of amides is 2. The lowest BCUT2D eigenvalue weighted by molar-refractivity contribution is 0.0488. The maximum atomic E-state index is 12.5. The Kier molecular flexibility index (Phi) is 5.35. The van der Waals surface area contributed by atoms with E-state index >= 15 is 0 Å². The second-order valence-corrected chi connectivity index (χ2v) is 8.03. The Morgan fingerprint density at radius 2 is 2.14 bits per heavy atom. The van der Waals surface area contributed by atoms with Crippen molar-refractivity contribution in [2.45, 2.75) is 57.0 Å². The minimum absolute atomic E-state index is 0.163. The second-order valence-electron chi connectivity index (χ2n) is 8.03. The molecule has 0 bridgehead atoms. The SMILES string of the molecule is Cc1ccccc1[C@@]1(O)CCN(C(=O)NCCc2noc(C3CCCC3)n2)C1. The number of carbonyl (C=O) groups excluding carboxylic acids is 1. The van der Waals surface area contributed by atoms with Gasteiger partial charge >= 0.3 is 6.03 Å². The van der Waals surface area contributed by atoms with E-state index in [2.05, 4.69) is 15.5 Å². The molecule has 2 fully saturated rings. The molecule has 2 N–H and O–H groups in total. The van der Waals surface area contributed by atoms with Crippen molar-refractivity contribution in [2.24, 2.45) is 0 Å². The number of aromatic nitrogens is 2. The highest BCUT2D eigenvalue weighted by Crippen LogP contribution is 2.34. The van der Waals surface area contributed by atoms with Gasteiger partial charge in [-0.05, 0) is 37.3 Å². The minimum Gasteiger partial charge on any atom is -0.383 e. The fraction of sp³-hybridized carbons (Fsp3) is 0.571. The molecule has 2 amide bonds. The van der Waals surface area contributed by atoms with E-state index in [1.165, 1.54) is 12.8 Å². The summed E-state index contributed by atoms with van der Waals surface area (Å²) in [6.45, 7) is 3.27. The van der Waals surface area contributed by atoms with Gasteiger partial charge in [-0.15, -0.1) is 0 Å². The van der Waals surface area contributed by atoms with Crippen LogP contribution in [0.15, 0.2) is 28.8 Å². The van der Waals surface area contributed by atoms with Crippen LogP contribution < -0.4 is 5.32 Å². The largest absolute Gasteiger partial charge is 0.383 e. The topological polar surface area (TPSA) is 91.5 Å². The van der Waals surface area contributed by atoms with Gasteiger partial charge in [-0.2, -0.15) is 4.98 Å². The molecule has 4 rings (SSSR count). The number of hydrogen-bond donors (Lipinski definition) is 2. The monoisotopic (exact) mass is 384 g/mol. The van der Waals surface area contributed by atoms with Crippen LogP contribution in [0.4, 0.5) is 4.79 Å². The number of β-amino-alcohol motifs (C(OH)–C–C–N with tert-alkyl or cyclic N) is 1. The van der Waals surface area contributed by atoms with Crippen LogP contribution in [0.5, 0.6) is 0 Å². The fourth-order valence-electron chi connectivity index (χ4n) is 4.38. The molecule has 1 aromatic heterocycles. The first-order valence-electron chi connectivity index (χ1n) is 10.2. The van der Waals surface area contributed by atoms with E-state index in [1.54, 1.807) is 4.90 Å². The first kappa shape index (κ1) is 18.9. The Morgan fingerprint density at radius 3 is 2.93 bits per heavy atom. The fourth-order valence-corrected chi connectivity index (χ4v) is 4.38. The van der Waals surface area contributed by atoms with Gasteiger partial charge in [0.15, 0.2) is 5.82 Å². The number of hydrogen-bond acceptors (Lipinski definition) is 5. The Morgan fingerprint density at radius 1 is 1.36 bits per heavy atom. The molecule has 7 nitrogen and oxygen atoms in total. The van der Waals surface area contributed by atoms with Gasteiger partial charge < -0.3 is 19.8 Å². The van der Waals surface area contributed by atoms with Gasteiger partial charge in [-0.25, -0.2) is 4.79 Å². The number of benzene rings is 1. The number of urea groups is 1. The molecule has 28 heavy (non-hydrogen) atoms. The van der Waals surface area contributed by atoms with Crippen LogP contribution in [0.1, 0.15) is 60.9 Å². The third-order valence-electron chi connectivity index (χ3n) is 5.99.